The zero-order valence-corrected chi connectivity index (χ0v) is 10.8. The third-order valence-corrected chi connectivity index (χ3v) is 3.18. The third-order valence-electron chi connectivity index (χ3n) is 3.18. The first-order chi connectivity index (χ1) is 8.04. The van der Waals surface area contributed by atoms with Gasteiger partial charge in [0.2, 0.25) is 0 Å². The first-order valence-electron chi connectivity index (χ1n) is 5.94. The highest BCUT2D eigenvalue weighted by Crippen LogP contribution is 2.25. The summed E-state index contributed by atoms with van der Waals surface area (Å²) in [5.41, 5.74) is 6.66. The highest BCUT2D eigenvalue weighted by Gasteiger charge is 2.21. The van der Waals surface area contributed by atoms with E-state index in [0.717, 1.165) is 11.4 Å². The second-order valence-corrected chi connectivity index (χ2v) is 4.24. The minimum Gasteiger partial charge on any atom is -0.497 e. The Morgan fingerprint density at radius 2 is 2.00 bits per heavy atom. The summed E-state index contributed by atoms with van der Waals surface area (Å²) in [6.07, 6.45) is 1.43. The Balaban J connectivity index is 2.69. The number of hydrogen-bond acceptors (Lipinski definition) is 4. The topological polar surface area (TPSA) is 67.5 Å². The lowest BCUT2D eigenvalue weighted by molar-refractivity contribution is 0.0457. The van der Waals surface area contributed by atoms with Crippen molar-refractivity contribution >= 4 is 11.4 Å². The lowest BCUT2D eigenvalue weighted by Crippen LogP contribution is -2.35. The quantitative estimate of drug-likeness (QED) is 0.665. The molecule has 4 heteroatoms. The molecule has 1 rings (SSSR count). The van der Waals surface area contributed by atoms with Gasteiger partial charge in [-0.05, 0) is 25.0 Å². The fourth-order valence-corrected chi connectivity index (χ4v) is 1.59. The maximum Gasteiger partial charge on any atom is 0.121 e. The molecule has 0 spiro atoms. The Morgan fingerprint density at radius 3 is 2.47 bits per heavy atom. The van der Waals surface area contributed by atoms with Crippen LogP contribution in [0, 0.1) is 0 Å². The maximum absolute atomic E-state index is 10.2. The summed E-state index contributed by atoms with van der Waals surface area (Å²) in [6, 6.07) is 5.47. The zero-order chi connectivity index (χ0) is 12.9. The lowest BCUT2D eigenvalue weighted by Gasteiger charge is -2.26. The van der Waals surface area contributed by atoms with Gasteiger partial charge in [-0.2, -0.15) is 0 Å². The molecule has 0 fully saturated rings. The van der Waals surface area contributed by atoms with Gasteiger partial charge in [-0.25, -0.2) is 0 Å². The fourth-order valence-electron chi connectivity index (χ4n) is 1.59. The van der Waals surface area contributed by atoms with E-state index in [4.69, 9.17) is 10.5 Å². The van der Waals surface area contributed by atoms with Crippen LogP contribution in [0.2, 0.25) is 0 Å². The number of anilines is 2. The third kappa shape index (κ3) is 3.53. The van der Waals surface area contributed by atoms with Crippen LogP contribution in [0.5, 0.6) is 5.75 Å². The largest absolute Gasteiger partial charge is 0.497 e. The number of methoxy groups -OCH3 is 1. The van der Waals surface area contributed by atoms with Gasteiger partial charge in [0.1, 0.15) is 5.75 Å². The van der Waals surface area contributed by atoms with Crippen molar-refractivity contribution < 1.29 is 9.84 Å². The number of nitrogens with one attached hydrogen (secondary N) is 1. The van der Waals surface area contributed by atoms with Crippen LogP contribution in [0.3, 0.4) is 0 Å². The van der Waals surface area contributed by atoms with Crippen LogP contribution in [0.25, 0.3) is 0 Å². The molecule has 0 amide bonds. The monoisotopic (exact) mass is 238 g/mol. The second-order valence-electron chi connectivity index (χ2n) is 4.24. The Kier molecular flexibility index (Phi) is 4.63. The lowest BCUT2D eigenvalue weighted by atomic mass is 9.97. The molecule has 0 radical (unpaired) electrons. The first kappa shape index (κ1) is 13.6. The molecule has 0 aromatic heterocycles. The van der Waals surface area contributed by atoms with Gasteiger partial charge >= 0.3 is 0 Å². The van der Waals surface area contributed by atoms with E-state index >= 15 is 0 Å². The van der Waals surface area contributed by atoms with E-state index in [2.05, 4.69) is 5.32 Å². The molecule has 0 aliphatic carbocycles. The molecule has 0 bridgehead atoms. The van der Waals surface area contributed by atoms with E-state index in [-0.39, 0.29) is 0 Å². The predicted molar refractivity (Wildman–Crippen MR) is 71.4 cm³/mol. The van der Waals surface area contributed by atoms with Crippen molar-refractivity contribution in [2.45, 2.75) is 32.3 Å². The van der Waals surface area contributed by atoms with Gasteiger partial charge < -0.3 is 20.9 Å². The summed E-state index contributed by atoms with van der Waals surface area (Å²) >= 11 is 0. The molecule has 0 saturated heterocycles. The first-order valence-corrected chi connectivity index (χ1v) is 5.94. The Hall–Kier alpha value is -1.42. The highest BCUT2D eigenvalue weighted by molar-refractivity contribution is 5.68. The molecule has 4 nitrogen and oxygen atoms in total. The summed E-state index contributed by atoms with van der Waals surface area (Å²) in [7, 11) is 1.61. The van der Waals surface area contributed by atoms with Crippen LogP contribution in [0.15, 0.2) is 18.2 Å². The van der Waals surface area contributed by atoms with Crippen LogP contribution in [0.1, 0.15) is 26.7 Å². The summed E-state index contributed by atoms with van der Waals surface area (Å²) in [5.74, 6) is 0.731. The van der Waals surface area contributed by atoms with Gasteiger partial charge in [0.15, 0.2) is 0 Å². The molecular weight excluding hydrogens is 216 g/mol. The molecule has 1 aromatic carbocycles. The van der Waals surface area contributed by atoms with Crippen LogP contribution in [-0.2, 0) is 0 Å². The Bertz CT molecular complexity index is 362. The number of nitrogens with two attached hydrogens (primary N) is 1. The standard InChI is InChI=1S/C13H22N2O2/c1-4-13(16,5-2)9-15-12-7-6-10(17-3)8-11(12)14/h6-8,15-16H,4-5,9,14H2,1-3H3. The van der Waals surface area contributed by atoms with Gasteiger partial charge in [-0.3, -0.25) is 0 Å². The maximum atomic E-state index is 10.2. The fraction of sp³-hybridized carbons (Fsp3) is 0.538. The van der Waals surface area contributed by atoms with E-state index in [1.807, 2.05) is 26.0 Å². The van der Waals surface area contributed by atoms with Gasteiger partial charge in [-0.1, -0.05) is 13.8 Å². The molecule has 0 heterocycles. The summed E-state index contributed by atoms with van der Waals surface area (Å²) < 4.78 is 5.08. The van der Waals surface area contributed by atoms with E-state index in [1.54, 1.807) is 13.2 Å². The smallest absolute Gasteiger partial charge is 0.121 e. The molecule has 1 aromatic rings. The van der Waals surface area contributed by atoms with Gasteiger partial charge in [0, 0.05) is 12.6 Å². The van der Waals surface area contributed by atoms with Gasteiger partial charge in [-0.15, -0.1) is 0 Å². The normalized spacial score (nSPS) is 11.3. The number of benzene rings is 1. The van der Waals surface area contributed by atoms with Crippen molar-refractivity contribution in [3.63, 3.8) is 0 Å². The number of nitrogen functional groups attached to an aromatic ring is 1. The second kappa shape index (κ2) is 5.77. The molecule has 0 atom stereocenters. The van der Waals surface area contributed by atoms with E-state index in [9.17, 15) is 5.11 Å². The van der Waals surface area contributed by atoms with Crippen LogP contribution < -0.4 is 15.8 Å². The zero-order valence-electron chi connectivity index (χ0n) is 10.8. The summed E-state index contributed by atoms with van der Waals surface area (Å²) in [6.45, 7) is 4.45. The summed E-state index contributed by atoms with van der Waals surface area (Å²) in [4.78, 5) is 0. The highest BCUT2D eigenvalue weighted by atomic mass is 16.5. The molecule has 0 saturated carbocycles. The van der Waals surface area contributed by atoms with Crippen molar-refractivity contribution in [1.82, 2.24) is 0 Å². The van der Waals surface area contributed by atoms with E-state index in [1.165, 1.54) is 0 Å². The average molecular weight is 238 g/mol. The predicted octanol–water partition coefficient (Wildman–Crippen LogP) is 2.24. The molecular formula is C13H22N2O2. The Labute approximate surface area is 103 Å². The van der Waals surface area contributed by atoms with Gasteiger partial charge in [0.05, 0.1) is 24.1 Å². The molecule has 96 valence electrons. The Morgan fingerprint density at radius 1 is 1.35 bits per heavy atom. The van der Waals surface area contributed by atoms with Crippen molar-refractivity contribution in [3.05, 3.63) is 18.2 Å². The van der Waals surface area contributed by atoms with Gasteiger partial charge in [0.25, 0.3) is 0 Å². The number of aliphatic hydroxyl groups is 1. The van der Waals surface area contributed by atoms with Crippen molar-refractivity contribution in [3.8, 4) is 5.75 Å². The minimum atomic E-state index is -0.674. The summed E-state index contributed by atoms with van der Waals surface area (Å²) in [5, 5.41) is 13.3. The van der Waals surface area contributed by atoms with Crippen LogP contribution >= 0.6 is 0 Å². The number of ether oxygens (including phenoxy) is 1. The van der Waals surface area contributed by atoms with Crippen molar-refractivity contribution in [1.29, 1.82) is 0 Å². The van der Waals surface area contributed by atoms with Crippen LogP contribution in [0.4, 0.5) is 11.4 Å². The van der Waals surface area contributed by atoms with Crippen LogP contribution in [-0.4, -0.2) is 24.4 Å². The SMILES string of the molecule is CCC(O)(CC)CNc1ccc(OC)cc1N. The number of rotatable bonds is 6. The molecule has 17 heavy (non-hydrogen) atoms. The van der Waals surface area contributed by atoms with E-state index < -0.39 is 5.60 Å². The average Bonchev–Trinajstić information content (AvgIpc) is 2.36. The minimum absolute atomic E-state index is 0.497. The molecule has 0 aliphatic rings. The number of hydrogen-bond donors (Lipinski definition) is 3. The molecule has 4 N–H and O–H groups in total. The van der Waals surface area contributed by atoms with Crippen molar-refractivity contribution in [2.75, 3.05) is 24.7 Å². The van der Waals surface area contributed by atoms with Crippen molar-refractivity contribution in [2.24, 2.45) is 0 Å². The molecule has 0 unspecified atom stereocenters. The molecule has 0 aliphatic heterocycles. The van der Waals surface area contributed by atoms with E-state index in [0.29, 0.717) is 25.1 Å².